The molecule has 102 valence electrons. The Morgan fingerprint density at radius 3 is 2.50 bits per heavy atom. The average molecular weight is 272 g/mol. The van der Waals surface area contributed by atoms with Crippen molar-refractivity contribution in [3.05, 3.63) is 28.8 Å². The first-order valence-corrected chi connectivity index (χ1v) is 6.54. The first kappa shape index (κ1) is 15.3. The molecular weight excluding hydrogens is 250 g/mol. The van der Waals surface area contributed by atoms with Gasteiger partial charge in [-0.25, -0.2) is 0 Å². The van der Waals surface area contributed by atoms with Gasteiger partial charge in [0.1, 0.15) is 5.75 Å². The number of benzene rings is 1. The standard InChI is InChI=1S/C14H22ClNO2/c1-14(2,3)13(7-8-17)16-9-10-11(15)5-4-6-12(10)18/h4-6,13,16-18H,7-9H2,1-3H3. The number of halogens is 1. The molecule has 0 aliphatic heterocycles. The minimum atomic E-state index is 0.0413. The van der Waals surface area contributed by atoms with Crippen LogP contribution in [0.15, 0.2) is 18.2 Å². The molecule has 0 heterocycles. The Morgan fingerprint density at radius 1 is 1.33 bits per heavy atom. The van der Waals surface area contributed by atoms with E-state index in [2.05, 4.69) is 26.1 Å². The molecule has 0 aliphatic carbocycles. The molecule has 1 unspecified atom stereocenters. The molecule has 3 nitrogen and oxygen atoms in total. The van der Waals surface area contributed by atoms with Gasteiger partial charge in [0.25, 0.3) is 0 Å². The maximum atomic E-state index is 9.76. The third-order valence-electron chi connectivity index (χ3n) is 3.08. The zero-order valence-electron chi connectivity index (χ0n) is 11.2. The van der Waals surface area contributed by atoms with Crippen molar-refractivity contribution in [3.63, 3.8) is 0 Å². The number of aromatic hydroxyl groups is 1. The van der Waals surface area contributed by atoms with Crippen molar-refractivity contribution in [2.24, 2.45) is 5.41 Å². The van der Waals surface area contributed by atoms with Crippen LogP contribution >= 0.6 is 11.6 Å². The summed E-state index contributed by atoms with van der Waals surface area (Å²) in [5, 5.41) is 22.8. The Morgan fingerprint density at radius 2 is 2.00 bits per heavy atom. The topological polar surface area (TPSA) is 52.5 Å². The summed E-state index contributed by atoms with van der Waals surface area (Å²) in [6, 6.07) is 5.27. The highest BCUT2D eigenvalue weighted by Gasteiger charge is 2.24. The van der Waals surface area contributed by atoms with E-state index in [0.29, 0.717) is 23.6 Å². The number of rotatable bonds is 5. The first-order chi connectivity index (χ1) is 8.36. The Kier molecular flexibility index (Phi) is 5.45. The van der Waals surface area contributed by atoms with Crippen LogP contribution in [0.5, 0.6) is 5.75 Å². The molecule has 0 spiro atoms. The smallest absolute Gasteiger partial charge is 0.121 e. The van der Waals surface area contributed by atoms with Gasteiger partial charge < -0.3 is 15.5 Å². The maximum Gasteiger partial charge on any atom is 0.121 e. The van der Waals surface area contributed by atoms with Gasteiger partial charge in [-0.3, -0.25) is 0 Å². The quantitative estimate of drug-likeness (QED) is 0.772. The molecule has 1 aromatic rings. The van der Waals surface area contributed by atoms with Gasteiger partial charge in [0.2, 0.25) is 0 Å². The van der Waals surface area contributed by atoms with Crippen molar-refractivity contribution < 1.29 is 10.2 Å². The van der Waals surface area contributed by atoms with Crippen LogP contribution in [0.3, 0.4) is 0 Å². The van der Waals surface area contributed by atoms with E-state index >= 15 is 0 Å². The van der Waals surface area contributed by atoms with E-state index in [-0.39, 0.29) is 23.8 Å². The molecule has 0 aromatic heterocycles. The van der Waals surface area contributed by atoms with Crippen molar-refractivity contribution in [2.75, 3.05) is 6.61 Å². The van der Waals surface area contributed by atoms with Crippen LogP contribution in [0.25, 0.3) is 0 Å². The van der Waals surface area contributed by atoms with Gasteiger partial charge in [0.05, 0.1) is 0 Å². The second-order valence-corrected chi connectivity index (χ2v) is 5.96. The van der Waals surface area contributed by atoms with Gasteiger partial charge in [0.15, 0.2) is 0 Å². The van der Waals surface area contributed by atoms with Crippen molar-refractivity contribution in [1.82, 2.24) is 5.32 Å². The Hall–Kier alpha value is -0.770. The summed E-state index contributed by atoms with van der Waals surface area (Å²) in [6.07, 6.45) is 0.675. The summed E-state index contributed by atoms with van der Waals surface area (Å²) in [5.74, 6) is 0.201. The number of phenolic OH excluding ortho intramolecular Hbond substituents is 1. The molecule has 4 heteroatoms. The summed E-state index contributed by atoms with van der Waals surface area (Å²) >= 11 is 6.05. The van der Waals surface area contributed by atoms with E-state index in [1.54, 1.807) is 18.2 Å². The van der Waals surface area contributed by atoms with Crippen LogP contribution in [-0.4, -0.2) is 22.9 Å². The number of aliphatic hydroxyl groups excluding tert-OH is 1. The fourth-order valence-corrected chi connectivity index (χ4v) is 2.15. The number of hydrogen-bond donors (Lipinski definition) is 3. The van der Waals surface area contributed by atoms with Crippen LogP contribution in [0.4, 0.5) is 0 Å². The molecule has 0 aliphatic rings. The summed E-state index contributed by atoms with van der Waals surface area (Å²) in [4.78, 5) is 0. The second kappa shape index (κ2) is 6.41. The van der Waals surface area contributed by atoms with Crippen molar-refractivity contribution in [3.8, 4) is 5.75 Å². The second-order valence-electron chi connectivity index (χ2n) is 5.55. The highest BCUT2D eigenvalue weighted by molar-refractivity contribution is 6.31. The fourth-order valence-electron chi connectivity index (χ4n) is 1.92. The van der Waals surface area contributed by atoms with Crippen LogP contribution < -0.4 is 5.32 Å². The minimum absolute atomic E-state index is 0.0413. The molecule has 3 N–H and O–H groups in total. The number of nitrogens with one attached hydrogen (secondary N) is 1. The molecule has 18 heavy (non-hydrogen) atoms. The highest BCUT2D eigenvalue weighted by atomic mass is 35.5. The van der Waals surface area contributed by atoms with Crippen LogP contribution in [0.1, 0.15) is 32.8 Å². The van der Waals surface area contributed by atoms with Crippen molar-refractivity contribution in [1.29, 1.82) is 0 Å². The van der Waals surface area contributed by atoms with E-state index in [1.165, 1.54) is 0 Å². The summed E-state index contributed by atoms with van der Waals surface area (Å²) < 4.78 is 0. The van der Waals surface area contributed by atoms with Gasteiger partial charge in [-0.15, -0.1) is 0 Å². The normalized spacial score (nSPS) is 13.6. The zero-order chi connectivity index (χ0) is 13.8. The predicted molar refractivity (Wildman–Crippen MR) is 74.9 cm³/mol. The Labute approximate surface area is 114 Å². The monoisotopic (exact) mass is 271 g/mol. The largest absolute Gasteiger partial charge is 0.508 e. The molecule has 0 radical (unpaired) electrons. The molecule has 0 bridgehead atoms. The number of phenols is 1. The van der Waals surface area contributed by atoms with Crippen molar-refractivity contribution in [2.45, 2.75) is 39.8 Å². The lowest BCUT2D eigenvalue weighted by Crippen LogP contribution is -2.40. The lowest BCUT2D eigenvalue weighted by Gasteiger charge is -2.31. The highest BCUT2D eigenvalue weighted by Crippen LogP contribution is 2.27. The molecular formula is C14H22ClNO2. The van der Waals surface area contributed by atoms with E-state index in [1.807, 2.05) is 0 Å². The van der Waals surface area contributed by atoms with Crippen LogP contribution in [-0.2, 0) is 6.54 Å². The Balaban J connectivity index is 2.73. The van der Waals surface area contributed by atoms with Gasteiger partial charge >= 0.3 is 0 Å². The molecule has 1 aromatic carbocycles. The summed E-state index contributed by atoms with van der Waals surface area (Å²) in [6.45, 7) is 6.99. The van der Waals surface area contributed by atoms with Crippen LogP contribution in [0.2, 0.25) is 5.02 Å². The summed E-state index contributed by atoms with van der Waals surface area (Å²) in [7, 11) is 0. The van der Waals surface area contributed by atoms with Gasteiger partial charge in [0, 0.05) is 29.8 Å². The lowest BCUT2D eigenvalue weighted by atomic mass is 9.85. The number of hydrogen-bond acceptors (Lipinski definition) is 3. The fraction of sp³-hybridized carbons (Fsp3) is 0.571. The molecule has 1 rings (SSSR count). The third kappa shape index (κ3) is 4.16. The first-order valence-electron chi connectivity index (χ1n) is 6.17. The molecule has 0 saturated heterocycles. The van der Waals surface area contributed by atoms with Gasteiger partial charge in [-0.05, 0) is 24.0 Å². The molecule has 1 atom stereocenters. The van der Waals surface area contributed by atoms with Crippen LogP contribution in [0, 0.1) is 5.41 Å². The van der Waals surface area contributed by atoms with E-state index in [0.717, 1.165) is 0 Å². The maximum absolute atomic E-state index is 9.76. The van der Waals surface area contributed by atoms with E-state index in [4.69, 9.17) is 16.7 Å². The number of aliphatic hydroxyl groups is 1. The SMILES string of the molecule is CC(C)(C)C(CCO)NCc1c(O)cccc1Cl. The zero-order valence-corrected chi connectivity index (χ0v) is 12.0. The molecule has 0 fully saturated rings. The summed E-state index contributed by atoms with van der Waals surface area (Å²) in [5.41, 5.74) is 0.742. The van der Waals surface area contributed by atoms with Gasteiger partial charge in [-0.1, -0.05) is 38.4 Å². The predicted octanol–water partition coefficient (Wildman–Crippen LogP) is 2.93. The van der Waals surface area contributed by atoms with E-state index in [9.17, 15) is 5.11 Å². The minimum Gasteiger partial charge on any atom is -0.508 e. The van der Waals surface area contributed by atoms with Gasteiger partial charge in [-0.2, -0.15) is 0 Å². The van der Waals surface area contributed by atoms with Crippen molar-refractivity contribution >= 4 is 11.6 Å². The molecule has 0 amide bonds. The third-order valence-corrected chi connectivity index (χ3v) is 3.44. The molecule has 0 saturated carbocycles. The average Bonchev–Trinajstić information content (AvgIpc) is 2.25. The lowest BCUT2D eigenvalue weighted by molar-refractivity contribution is 0.196. The van der Waals surface area contributed by atoms with E-state index < -0.39 is 0 Å². The Bertz CT molecular complexity index is 368.